The molecule has 4 nitrogen and oxygen atoms in total. The van der Waals surface area contributed by atoms with Crippen LogP contribution in [-0.4, -0.2) is 41.4 Å². The fraction of sp³-hybridized carbons (Fsp3) is 0.611. The van der Waals surface area contributed by atoms with Gasteiger partial charge in [0.15, 0.2) is 0 Å². The largest absolute Gasteiger partial charge is 0.444 e. The van der Waals surface area contributed by atoms with Crippen molar-refractivity contribution in [3.8, 4) is 0 Å². The Morgan fingerprint density at radius 2 is 1.87 bits per heavy atom. The number of aliphatic hydroxyl groups is 1. The number of fused-ring (bicyclic) bond motifs is 2. The fourth-order valence-corrected chi connectivity index (χ4v) is 4.15. The Bertz CT molecular complexity index is 600. The van der Waals surface area contributed by atoms with Gasteiger partial charge >= 0.3 is 6.09 Å². The molecule has 2 bridgehead atoms. The average molecular weight is 321 g/mol. The van der Waals surface area contributed by atoms with E-state index in [1.165, 1.54) is 12.1 Å². The lowest BCUT2D eigenvalue weighted by atomic mass is 9.48. The summed E-state index contributed by atoms with van der Waals surface area (Å²) in [4.78, 5) is 14.1. The summed E-state index contributed by atoms with van der Waals surface area (Å²) in [7, 11) is 0. The third kappa shape index (κ3) is 2.94. The molecule has 0 spiro atoms. The van der Waals surface area contributed by atoms with Crippen molar-refractivity contribution < 1.29 is 19.0 Å². The number of carbonyl (C=O) groups is 1. The predicted octanol–water partition coefficient (Wildman–Crippen LogP) is 3.09. The highest BCUT2D eigenvalue weighted by Gasteiger charge is 2.61. The van der Waals surface area contributed by atoms with Crippen LogP contribution >= 0.6 is 0 Å². The van der Waals surface area contributed by atoms with Crippen LogP contribution in [0, 0.1) is 11.2 Å². The SMILES string of the molecule is CC(C)(C)OC(=O)N1CC2(CO)CC(c3ccc(F)cc3)(C1)C2. The zero-order valence-electron chi connectivity index (χ0n) is 13.9. The number of piperidine rings is 2. The van der Waals surface area contributed by atoms with Crippen LogP contribution in [0.25, 0.3) is 0 Å². The Morgan fingerprint density at radius 3 is 2.39 bits per heavy atom. The minimum Gasteiger partial charge on any atom is -0.444 e. The number of amides is 1. The van der Waals surface area contributed by atoms with Gasteiger partial charge in [-0.3, -0.25) is 0 Å². The zero-order valence-corrected chi connectivity index (χ0v) is 13.9. The van der Waals surface area contributed by atoms with Crippen molar-refractivity contribution in [3.63, 3.8) is 0 Å². The lowest BCUT2D eigenvalue weighted by Gasteiger charge is -2.63. The first-order valence-electron chi connectivity index (χ1n) is 8.02. The average Bonchev–Trinajstić information content (AvgIpc) is 2.45. The second-order valence-corrected chi connectivity index (χ2v) is 8.14. The van der Waals surface area contributed by atoms with Crippen molar-refractivity contribution in [2.75, 3.05) is 19.7 Å². The maximum absolute atomic E-state index is 13.2. The Labute approximate surface area is 136 Å². The minimum atomic E-state index is -0.547. The highest BCUT2D eigenvalue weighted by atomic mass is 19.1. The molecule has 126 valence electrons. The van der Waals surface area contributed by atoms with Crippen molar-refractivity contribution in [1.82, 2.24) is 4.90 Å². The predicted molar refractivity (Wildman–Crippen MR) is 84.6 cm³/mol. The molecular weight excluding hydrogens is 297 g/mol. The monoisotopic (exact) mass is 321 g/mol. The van der Waals surface area contributed by atoms with E-state index in [1.54, 1.807) is 17.0 Å². The molecule has 1 aliphatic carbocycles. The topological polar surface area (TPSA) is 49.8 Å². The first kappa shape index (κ1) is 16.2. The third-order valence-corrected chi connectivity index (χ3v) is 4.89. The Hall–Kier alpha value is -1.62. The van der Waals surface area contributed by atoms with Crippen LogP contribution in [0.2, 0.25) is 0 Å². The molecule has 1 aromatic rings. The van der Waals surface area contributed by atoms with Gasteiger partial charge in [-0.05, 0) is 51.3 Å². The van der Waals surface area contributed by atoms with Crippen LogP contribution in [0.4, 0.5) is 9.18 Å². The Balaban J connectivity index is 1.84. The molecular formula is C18H24FNO3. The summed E-state index contributed by atoms with van der Waals surface area (Å²) >= 11 is 0. The van der Waals surface area contributed by atoms with Crippen molar-refractivity contribution in [2.24, 2.45) is 5.41 Å². The summed E-state index contributed by atoms with van der Waals surface area (Å²) < 4.78 is 18.7. The van der Waals surface area contributed by atoms with Gasteiger partial charge in [0, 0.05) is 23.9 Å². The lowest BCUT2D eigenvalue weighted by molar-refractivity contribution is -0.112. The number of hydrogen-bond acceptors (Lipinski definition) is 3. The third-order valence-electron chi connectivity index (χ3n) is 4.89. The number of halogens is 1. The van der Waals surface area contributed by atoms with Crippen LogP contribution in [0.1, 0.15) is 39.2 Å². The van der Waals surface area contributed by atoms with Gasteiger partial charge in [-0.1, -0.05) is 12.1 Å². The van der Waals surface area contributed by atoms with Gasteiger partial charge in [0.25, 0.3) is 0 Å². The highest BCUT2D eigenvalue weighted by molar-refractivity contribution is 5.69. The number of carbonyl (C=O) groups excluding carboxylic acids is 1. The summed E-state index contributed by atoms with van der Waals surface area (Å²) in [5.74, 6) is -0.266. The molecule has 5 heteroatoms. The smallest absolute Gasteiger partial charge is 0.410 e. The normalized spacial score (nSPS) is 29.9. The van der Waals surface area contributed by atoms with E-state index >= 15 is 0 Å². The summed E-state index contributed by atoms with van der Waals surface area (Å²) in [5, 5.41) is 9.79. The number of nitrogens with zero attached hydrogens (tertiary/aromatic N) is 1. The van der Waals surface area contributed by atoms with Gasteiger partial charge < -0.3 is 14.7 Å². The van der Waals surface area contributed by atoms with E-state index in [0.29, 0.717) is 13.1 Å². The summed E-state index contributed by atoms with van der Waals surface area (Å²) in [6.45, 7) is 6.64. The number of hydrogen-bond donors (Lipinski definition) is 1. The van der Waals surface area contributed by atoms with Gasteiger partial charge in [0.1, 0.15) is 11.4 Å². The van der Waals surface area contributed by atoms with Gasteiger partial charge in [-0.25, -0.2) is 9.18 Å². The minimum absolute atomic E-state index is 0.0508. The number of ether oxygens (including phenoxy) is 1. The molecule has 1 N–H and O–H groups in total. The Morgan fingerprint density at radius 1 is 1.26 bits per heavy atom. The second-order valence-electron chi connectivity index (χ2n) is 8.14. The summed E-state index contributed by atoms with van der Waals surface area (Å²) in [5.41, 5.74) is 0.0136. The van der Waals surface area contributed by atoms with E-state index < -0.39 is 5.60 Å². The van der Waals surface area contributed by atoms with E-state index in [1.807, 2.05) is 20.8 Å². The molecule has 0 aromatic heterocycles. The molecule has 3 aliphatic rings. The molecule has 4 rings (SSSR count). The fourth-order valence-electron chi connectivity index (χ4n) is 4.15. The van der Waals surface area contributed by atoms with Crippen LogP contribution in [0.5, 0.6) is 0 Å². The molecule has 2 saturated heterocycles. The van der Waals surface area contributed by atoms with Crippen molar-refractivity contribution in [3.05, 3.63) is 35.6 Å². The number of rotatable bonds is 2. The van der Waals surface area contributed by atoms with E-state index in [9.17, 15) is 14.3 Å². The van der Waals surface area contributed by atoms with Crippen molar-refractivity contribution in [2.45, 2.75) is 44.6 Å². The van der Waals surface area contributed by atoms with E-state index in [4.69, 9.17) is 4.74 Å². The van der Waals surface area contributed by atoms with Gasteiger partial charge in [-0.15, -0.1) is 0 Å². The molecule has 0 unspecified atom stereocenters. The maximum atomic E-state index is 13.2. The van der Waals surface area contributed by atoms with E-state index in [-0.39, 0.29) is 29.3 Å². The molecule has 1 aromatic carbocycles. The summed E-state index contributed by atoms with van der Waals surface area (Å²) in [6.07, 6.45) is 1.30. The zero-order chi connectivity index (χ0) is 16.9. The molecule has 1 amide bonds. The standard InChI is InChI=1S/C18H24FNO3/c1-16(2,3)23-15(22)20-10-17(12-21)8-18(9-17,11-20)13-4-6-14(19)7-5-13/h4-7,21H,8-12H2,1-3H3. The van der Waals surface area contributed by atoms with Crippen molar-refractivity contribution in [1.29, 1.82) is 0 Å². The first-order valence-corrected chi connectivity index (χ1v) is 8.02. The van der Waals surface area contributed by atoms with Gasteiger partial charge in [0.2, 0.25) is 0 Å². The second kappa shape index (κ2) is 5.20. The van der Waals surface area contributed by atoms with Gasteiger partial charge in [-0.2, -0.15) is 0 Å². The first-order chi connectivity index (χ1) is 10.7. The highest BCUT2D eigenvalue weighted by Crippen LogP contribution is 2.59. The van der Waals surface area contributed by atoms with Crippen LogP contribution in [-0.2, 0) is 10.2 Å². The molecule has 0 radical (unpaired) electrons. The van der Waals surface area contributed by atoms with E-state index in [0.717, 1.165) is 18.4 Å². The van der Waals surface area contributed by atoms with Crippen LogP contribution < -0.4 is 0 Å². The molecule has 23 heavy (non-hydrogen) atoms. The van der Waals surface area contributed by atoms with Crippen LogP contribution in [0.3, 0.4) is 0 Å². The van der Waals surface area contributed by atoms with E-state index in [2.05, 4.69) is 0 Å². The number of benzene rings is 1. The quantitative estimate of drug-likeness (QED) is 0.910. The molecule has 3 fully saturated rings. The molecule has 2 aliphatic heterocycles. The van der Waals surface area contributed by atoms with Crippen LogP contribution in [0.15, 0.2) is 24.3 Å². The molecule has 2 heterocycles. The molecule has 1 saturated carbocycles. The lowest BCUT2D eigenvalue weighted by Crippen LogP contribution is -2.67. The number of aliphatic hydroxyl groups excluding tert-OH is 1. The maximum Gasteiger partial charge on any atom is 0.410 e. The Kier molecular flexibility index (Phi) is 3.67. The summed E-state index contributed by atoms with van der Waals surface area (Å²) in [6, 6.07) is 6.48. The molecule has 0 atom stereocenters. The van der Waals surface area contributed by atoms with Crippen molar-refractivity contribution >= 4 is 6.09 Å². The van der Waals surface area contributed by atoms with Gasteiger partial charge in [0.05, 0.1) is 6.61 Å².